The van der Waals surface area contributed by atoms with E-state index >= 15 is 0 Å². The van der Waals surface area contributed by atoms with Crippen molar-refractivity contribution >= 4 is 35.2 Å². The summed E-state index contributed by atoms with van der Waals surface area (Å²) in [7, 11) is 0. The molecule has 7 nitrogen and oxygen atoms in total. The fraction of sp³-hybridized carbons (Fsp3) is 0.250. The first-order valence-corrected chi connectivity index (χ1v) is 5.33. The number of anilines is 2. The Bertz CT molecular complexity index is 443. The summed E-state index contributed by atoms with van der Waals surface area (Å²) in [5, 5.41) is 1.99. The van der Waals surface area contributed by atoms with E-state index in [1.807, 2.05) is 0 Å². The number of carbonyl (C=O) groups excluding carboxylic acids is 2. The van der Waals surface area contributed by atoms with Crippen molar-refractivity contribution in [3.63, 3.8) is 0 Å². The summed E-state index contributed by atoms with van der Waals surface area (Å²) < 4.78 is 0. The number of hydrogen-bond donors (Lipinski definition) is 3. The molecule has 5 N–H and O–H groups in total. The molecule has 16 heavy (non-hydrogen) atoms. The third-order valence-electron chi connectivity index (χ3n) is 1.92. The highest BCUT2D eigenvalue weighted by Gasteiger charge is 2.32. The van der Waals surface area contributed by atoms with E-state index in [-0.39, 0.29) is 29.9 Å². The van der Waals surface area contributed by atoms with Crippen LogP contribution in [0.1, 0.15) is 6.42 Å². The molecule has 0 saturated carbocycles. The first kappa shape index (κ1) is 10.7. The number of nitrogens with zero attached hydrogens (tertiary/aromatic N) is 2. The second kappa shape index (κ2) is 3.97. The average molecular weight is 239 g/mol. The van der Waals surface area contributed by atoms with Gasteiger partial charge in [-0.15, -0.1) is 0 Å². The number of nitrogens with two attached hydrogens (primary N) is 2. The maximum Gasteiger partial charge on any atom is 0.240 e. The van der Waals surface area contributed by atoms with Gasteiger partial charge in [0.2, 0.25) is 11.8 Å². The molecule has 2 rings (SSSR count). The SMILES string of the molecule is Nc1cc(N)nc(SC2CC(=O)NC2=O)n1. The van der Waals surface area contributed by atoms with Crippen molar-refractivity contribution in [2.45, 2.75) is 16.8 Å². The predicted octanol–water partition coefficient (Wildman–Crippen LogP) is -0.852. The Balaban J connectivity index is 2.15. The molecule has 1 aromatic heterocycles. The Hall–Kier alpha value is -1.83. The van der Waals surface area contributed by atoms with Gasteiger partial charge in [0.05, 0.1) is 0 Å². The summed E-state index contributed by atoms with van der Waals surface area (Å²) in [6.07, 6.45) is 0.127. The van der Waals surface area contributed by atoms with E-state index in [1.165, 1.54) is 6.07 Å². The zero-order valence-electron chi connectivity index (χ0n) is 8.14. The molecule has 1 aliphatic rings. The fourth-order valence-corrected chi connectivity index (χ4v) is 2.24. The van der Waals surface area contributed by atoms with Crippen LogP contribution in [0.25, 0.3) is 0 Å². The molecule has 1 aliphatic heterocycles. The number of aromatic nitrogens is 2. The van der Waals surface area contributed by atoms with Gasteiger partial charge in [-0.25, -0.2) is 9.97 Å². The number of rotatable bonds is 2. The van der Waals surface area contributed by atoms with Gasteiger partial charge in [-0.1, -0.05) is 11.8 Å². The molecule has 1 aromatic rings. The highest BCUT2D eigenvalue weighted by atomic mass is 32.2. The van der Waals surface area contributed by atoms with Gasteiger partial charge < -0.3 is 11.5 Å². The summed E-state index contributed by atoms with van der Waals surface area (Å²) >= 11 is 1.08. The predicted molar refractivity (Wildman–Crippen MR) is 58.3 cm³/mol. The minimum atomic E-state index is -0.506. The number of thioether (sulfide) groups is 1. The molecular weight excluding hydrogens is 230 g/mol. The monoisotopic (exact) mass is 239 g/mol. The molecule has 1 atom stereocenters. The van der Waals surface area contributed by atoms with Crippen molar-refractivity contribution in [3.8, 4) is 0 Å². The van der Waals surface area contributed by atoms with Crippen molar-refractivity contribution in [1.82, 2.24) is 15.3 Å². The number of hydrogen-bond acceptors (Lipinski definition) is 7. The van der Waals surface area contributed by atoms with Crippen molar-refractivity contribution in [3.05, 3.63) is 6.07 Å². The summed E-state index contributed by atoms with van der Waals surface area (Å²) in [5.41, 5.74) is 11.0. The first-order valence-electron chi connectivity index (χ1n) is 4.45. The Morgan fingerprint density at radius 3 is 2.44 bits per heavy atom. The molecule has 0 aromatic carbocycles. The second-order valence-electron chi connectivity index (χ2n) is 3.22. The molecule has 0 bridgehead atoms. The van der Waals surface area contributed by atoms with Gasteiger partial charge in [0.1, 0.15) is 16.9 Å². The lowest BCUT2D eigenvalue weighted by Gasteiger charge is -2.05. The van der Waals surface area contributed by atoms with Crippen molar-refractivity contribution in [1.29, 1.82) is 0 Å². The van der Waals surface area contributed by atoms with E-state index in [2.05, 4.69) is 15.3 Å². The van der Waals surface area contributed by atoms with Crippen LogP contribution in [0.5, 0.6) is 0 Å². The zero-order valence-corrected chi connectivity index (χ0v) is 8.95. The van der Waals surface area contributed by atoms with Crippen molar-refractivity contribution in [2.24, 2.45) is 0 Å². The summed E-state index contributed by atoms with van der Waals surface area (Å²) in [6.45, 7) is 0. The van der Waals surface area contributed by atoms with Crippen LogP contribution >= 0.6 is 11.8 Å². The number of nitrogen functional groups attached to an aromatic ring is 2. The Kier molecular flexibility index (Phi) is 2.65. The lowest BCUT2D eigenvalue weighted by atomic mass is 10.4. The standard InChI is InChI=1S/C8H9N5O2S/c9-4-2-5(10)12-8(11-4)16-3-1-6(14)13-7(3)15/h2-3H,1H2,(H,13,14,15)(H4,9,10,11,12). The number of imide groups is 1. The van der Waals surface area contributed by atoms with Crippen molar-refractivity contribution in [2.75, 3.05) is 11.5 Å². The number of nitrogens with one attached hydrogen (secondary N) is 1. The minimum absolute atomic E-state index is 0.127. The fourth-order valence-electron chi connectivity index (χ4n) is 1.27. The summed E-state index contributed by atoms with van der Waals surface area (Å²) in [4.78, 5) is 30.1. The third-order valence-corrected chi connectivity index (χ3v) is 2.98. The molecule has 2 heterocycles. The summed E-state index contributed by atoms with van der Waals surface area (Å²) in [5.74, 6) is -0.154. The smallest absolute Gasteiger partial charge is 0.240 e. The van der Waals surface area contributed by atoms with Crippen LogP contribution in [0.4, 0.5) is 11.6 Å². The molecule has 0 radical (unpaired) electrons. The van der Waals surface area contributed by atoms with Gasteiger partial charge in [0.15, 0.2) is 5.16 Å². The molecule has 84 valence electrons. The van der Waals surface area contributed by atoms with E-state index in [0.717, 1.165) is 11.8 Å². The topological polar surface area (TPSA) is 124 Å². The van der Waals surface area contributed by atoms with Gasteiger partial charge in [-0.05, 0) is 0 Å². The van der Waals surface area contributed by atoms with Gasteiger partial charge in [-0.3, -0.25) is 14.9 Å². The van der Waals surface area contributed by atoms with Crippen LogP contribution < -0.4 is 16.8 Å². The molecule has 8 heteroatoms. The number of amides is 2. The van der Waals surface area contributed by atoms with Crippen molar-refractivity contribution < 1.29 is 9.59 Å². The molecule has 0 aliphatic carbocycles. The molecule has 0 spiro atoms. The van der Waals surface area contributed by atoms with Crippen LogP contribution in [0.15, 0.2) is 11.2 Å². The molecule has 1 unspecified atom stereocenters. The Morgan fingerprint density at radius 1 is 1.31 bits per heavy atom. The van der Waals surface area contributed by atoms with E-state index in [0.29, 0.717) is 5.16 Å². The van der Waals surface area contributed by atoms with Gasteiger partial charge in [0.25, 0.3) is 0 Å². The molecule has 2 amide bonds. The highest BCUT2D eigenvalue weighted by Crippen LogP contribution is 2.26. The van der Waals surface area contributed by atoms with E-state index in [1.54, 1.807) is 0 Å². The second-order valence-corrected chi connectivity index (χ2v) is 4.39. The van der Waals surface area contributed by atoms with Gasteiger partial charge >= 0.3 is 0 Å². The first-order chi connectivity index (χ1) is 7.54. The van der Waals surface area contributed by atoms with E-state index in [9.17, 15) is 9.59 Å². The summed E-state index contributed by atoms with van der Waals surface area (Å²) in [6, 6.07) is 1.42. The quantitative estimate of drug-likeness (QED) is 0.453. The van der Waals surface area contributed by atoms with E-state index < -0.39 is 5.25 Å². The molecule has 1 saturated heterocycles. The minimum Gasteiger partial charge on any atom is -0.383 e. The normalized spacial score (nSPS) is 19.9. The zero-order chi connectivity index (χ0) is 11.7. The van der Waals surface area contributed by atoms with Crippen LogP contribution in [-0.4, -0.2) is 27.0 Å². The van der Waals surface area contributed by atoms with Crippen LogP contribution in [-0.2, 0) is 9.59 Å². The largest absolute Gasteiger partial charge is 0.383 e. The highest BCUT2D eigenvalue weighted by molar-refractivity contribution is 8.00. The van der Waals surface area contributed by atoms with E-state index in [4.69, 9.17) is 11.5 Å². The molecular formula is C8H9N5O2S. The average Bonchev–Trinajstić information content (AvgIpc) is 2.43. The third kappa shape index (κ3) is 2.22. The molecule has 1 fully saturated rings. The van der Waals surface area contributed by atoms with Gasteiger partial charge in [-0.2, -0.15) is 0 Å². The maximum atomic E-state index is 11.3. The lowest BCUT2D eigenvalue weighted by molar-refractivity contribution is -0.124. The number of carbonyl (C=O) groups is 2. The van der Waals surface area contributed by atoms with Crippen LogP contribution in [0.2, 0.25) is 0 Å². The Morgan fingerprint density at radius 2 is 1.94 bits per heavy atom. The Labute approximate surface area is 95.0 Å². The maximum absolute atomic E-state index is 11.3. The lowest BCUT2D eigenvalue weighted by Crippen LogP contribution is -2.23. The van der Waals surface area contributed by atoms with Crippen LogP contribution in [0, 0.1) is 0 Å². The van der Waals surface area contributed by atoms with Crippen LogP contribution in [0.3, 0.4) is 0 Å². The van der Waals surface area contributed by atoms with Gasteiger partial charge in [0, 0.05) is 12.5 Å².